The Morgan fingerprint density at radius 2 is 1.83 bits per heavy atom. The van der Waals surface area contributed by atoms with E-state index in [0.29, 0.717) is 29.1 Å². The van der Waals surface area contributed by atoms with Crippen molar-refractivity contribution in [3.05, 3.63) is 70.5 Å². The van der Waals surface area contributed by atoms with E-state index in [1.807, 2.05) is 57.4 Å². The molecule has 1 aromatic heterocycles. The van der Waals surface area contributed by atoms with Crippen LogP contribution in [0.5, 0.6) is 0 Å². The molecule has 0 aliphatic heterocycles. The molecule has 0 saturated heterocycles. The summed E-state index contributed by atoms with van der Waals surface area (Å²) in [6.45, 7) is 3.12. The normalized spacial score (nSPS) is 12.3. The standard InChI is InChI=1S/C23H28N4O2S/c1-4-14-27-22(29)18-12-8-9-13-19(18)25-23(27)30-16-21(28)24-15-20(26(2)3)17-10-6-5-7-11-17/h5-13,20H,4,14-16H2,1-3H3,(H,24,28)/t20-/m1/s1. The highest BCUT2D eigenvalue weighted by molar-refractivity contribution is 7.99. The van der Waals surface area contributed by atoms with E-state index in [-0.39, 0.29) is 23.3 Å². The largest absolute Gasteiger partial charge is 0.353 e. The lowest BCUT2D eigenvalue weighted by atomic mass is 10.1. The number of thioether (sulfide) groups is 1. The average molecular weight is 425 g/mol. The second-order valence-corrected chi connectivity index (χ2v) is 8.29. The molecule has 1 heterocycles. The van der Waals surface area contributed by atoms with Gasteiger partial charge in [-0.25, -0.2) is 4.98 Å². The summed E-state index contributed by atoms with van der Waals surface area (Å²) in [7, 11) is 4.00. The number of likely N-dealkylation sites (N-methyl/N-ethyl adjacent to an activating group) is 1. The average Bonchev–Trinajstić information content (AvgIpc) is 2.75. The van der Waals surface area contributed by atoms with Gasteiger partial charge < -0.3 is 10.2 Å². The number of carbonyl (C=O) groups excluding carboxylic acids is 1. The smallest absolute Gasteiger partial charge is 0.262 e. The molecule has 30 heavy (non-hydrogen) atoms. The molecule has 1 atom stereocenters. The van der Waals surface area contributed by atoms with E-state index >= 15 is 0 Å². The third-order valence-electron chi connectivity index (χ3n) is 4.91. The lowest BCUT2D eigenvalue weighted by molar-refractivity contribution is -0.118. The van der Waals surface area contributed by atoms with Crippen LogP contribution in [-0.2, 0) is 11.3 Å². The summed E-state index contributed by atoms with van der Waals surface area (Å²) in [5.41, 5.74) is 1.76. The van der Waals surface area contributed by atoms with Crippen molar-refractivity contribution in [3.63, 3.8) is 0 Å². The van der Waals surface area contributed by atoms with Crippen molar-refractivity contribution in [2.45, 2.75) is 31.1 Å². The third kappa shape index (κ3) is 5.29. The molecule has 0 aliphatic rings. The van der Waals surface area contributed by atoms with E-state index in [0.717, 1.165) is 12.0 Å². The van der Waals surface area contributed by atoms with E-state index in [1.165, 1.54) is 11.8 Å². The molecule has 6 nitrogen and oxygen atoms in total. The van der Waals surface area contributed by atoms with Gasteiger partial charge >= 0.3 is 0 Å². The number of rotatable bonds is 9. The van der Waals surface area contributed by atoms with Crippen LogP contribution in [0, 0.1) is 0 Å². The van der Waals surface area contributed by atoms with Crippen molar-refractivity contribution in [2.24, 2.45) is 0 Å². The first-order valence-corrected chi connectivity index (χ1v) is 11.1. The predicted octanol–water partition coefficient (Wildman–Crippen LogP) is 3.32. The van der Waals surface area contributed by atoms with Crippen molar-refractivity contribution in [1.29, 1.82) is 0 Å². The lowest BCUT2D eigenvalue weighted by Crippen LogP contribution is -2.35. The van der Waals surface area contributed by atoms with E-state index in [4.69, 9.17) is 0 Å². The summed E-state index contributed by atoms with van der Waals surface area (Å²) in [5, 5.41) is 4.21. The van der Waals surface area contributed by atoms with Gasteiger partial charge in [0.2, 0.25) is 5.91 Å². The first-order chi connectivity index (χ1) is 14.5. The molecular weight excluding hydrogens is 396 g/mol. The summed E-state index contributed by atoms with van der Waals surface area (Å²) in [6, 6.07) is 17.5. The molecule has 2 aromatic carbocycles. The first-order valence-electron chi connectivity index (χ1n) is 10.1. The number of benzene rings is 2. The second-order valence-electron chi connectivity index (χ2n) is 7.35. The zero-order valence-electron chi connectivity index (χ0n) is 17.7. The number of aromatic nitrogens is 2. The summed E-state index contributed by atoms with van der Waals surface area (Å²) in [5.74, 6) is 0.136. The molecule has 0 unspecified atom stereocenters. The van der Waals surface area contributed by atoms with Gasteiger partial charge in [0, 0.05) is 13.1 Å². The van der Waals surface area contributed by atoms with Crippen molar-refractivity contribution in [3.8, 4) is 0 Å². The van der Waals surface area contributed by atoms with Crippen LogP contribution in [-0.4, -0.2) is 46.8 Å². The minimum Gasteiger partial charge on any atom is -0.353 e. The molecule has 158 valence electrons. The second kappa shape index (κ2) is 10.4. The molecule has 0 fully saturated rings. The number of amides is 1. The Morgan fingerprint density at radius 1 is 1.13 bits per heavy atom. The van der Waals surface area contributed by atoms with E-state index in [2.05, 4.69) is 27.3 Å². The van der Waals surface area contributed by atoms with E-state index in [1.54, 1.807) is 10.6 Å². The number of fused-ring (bicyclic) bond motifs is 1. The molecule has 0 bridgehead atoms. The maximum absolute atomic E-state index is 12.8. The molecule has 0 radical (unpaired) electrons. The maximum Gasteiger partial charge on any atom is 0.262 e. The number of hydrogen-bond acceptors (Lipinski definition) is 5. The molecule has 3 rings (SSSR count). The van der Waals surface area contributed by atoms with Crippen LogP contribution in [0.3, 0.4) is 0 Å². The third-order valence-corrected chi connectivity index (χ3v) is 5.88. The van der Waals surface area contributed by atoms with E-state index < -0.39 is 0 Å². The zero-order valence-corrected chi connectivity index (χ0v) is 18.5. The quantitative estimate of drug-likeness (QED) is 0.422. The highest BCUT2D eigenvalue weighted by Gasteiger charge is 2.16. The van der Waals surface area contributed by atoms with Crippen LogP contribution < -0.4 is 10.9 Å². The summed E-state index contributed by atoms with van der Waals surface area (Å²) in [4.78, 5) is 32.1. The Labute approximate surface area is 181 Å². The predicted molar refractivity (Wildman–Crippen MR) is 123 cm³/mol. The summed E-state index contributed by atoms with van der Waals surface area (Å²) < 4.78 is 1.67. The molecule has 0 aliphatic carbocycles. The number of hydrogen-bond donors (Lipinski definition) is 1. The summed E-state index contributed by atoms with van der Waals surface area (Å²) >= 11 is 1.31. The Kier molecular flexibility index (Phi) is 7.65. The van der Waals surface area contributed by atoms with Gasteiger partial charge in [-0.3, -0.25) is 14.2 Å². The van der Waals surface area contributed by atoms with Crippen molar-refractivity contribution < 1.29 is 4.79 Å². The van der Waals surface area contributed by atoms with Crippen LogP contribution in [0.1, 0.15) is 24.9 Å². The molecule has 7 heteroatoms. The monoisotopic (exact) mass is 424 g/mol. The van der Waals surface area contributed by atoms with E-state index in [9.17, 15) is 9.59 Å². The topological polar surface area (TPSA) is 67.2 Å². The van der Waals surface area contributed by atoms with Crippen LogP contribution >= 0.6 is 11.8 Å². The number of nitrogens with zero attached hydrogens (tertiary/aromatic N) is 3. The zero-order chi connectivity index (χ0) is 21.5. The Balaban J connectivity index is 1.69. The molecule has 3 aromatic rings. The van der Waals surface area contributed by atoms with Gasteiger partial charge in [0.05, 0.1) is 22.7 Å². The van der Waals surface area contributed by atoms with Crippen LogP contribution in [0.15, 0.2) is 64.5 Å². The minimum absolute atomic E-state index is 0.0536. The molecule has 0 saturated carbocycles. The van der Waals surface area contributed by atoms with Crippen molar-refractivity contribution >= 4 is 28.6 Å². The molecule has 0 spiro atoms. The SMILES string of the molecule is CCCn1c(SCC(=O)NC[C@H](c2ccccc2)N(C)C)nc2ccccc2c1=O. The van der Waals surface area contributed by atoms with Crippen molar-refractivity contribution in [2.75, 3.05) is 26.4 Å². The Hall–Kier alpha value is -2.64. The number of nitrogens with one attached hydrogen (secondary N) is 1. The first kappa shape index (κ1) is 22.1. The minimum atomic E-state index is -0.0757. The van der Waals surface area contributed by atoms with Crippen LogP contribution in [0.2, 0.25) is 0 Å². The number of carbonyl (C=O) groups is 1. The van der Waals surface area contributed by atoms with Gasteiger partial charge in [-0.1, -0.05) is 61.2 Å². The Morgan fingerprint density at radius 3 is 2.53 bits per heavy atom. The van der Waals surface area contributed by atoms with Gasteiger partial charge in [-0.15, -0.1) is 0 Å². The summed E-state index contributed by atoms with van der Waals surface area (Å²) in [6.07, 6.45) is 0.821. The number of para-hydroxylation sites is 1. The van der Waals surface area contributed by atoms with Gasteiger partial charge in [0.15, 0.2) is 5.16 Å². The van der Waals surface area contributed by atoms with Gasteiger partial charge in [0.25, 0.3) is 5.56 Å². The van der Waals surface area contributed by atoms with Gasteiger partial charge in [-0.05, 0) is 38.2 Å². The van der Waals surface area contributed by atoms with Gasteiger partial charge in [-0.2, -0.15) is 0 Å². The molecule has 1 amide bonds. The fourth-order valence-corrected chi connectivity index (χ4v) is 4.20. The highest BCUT2D eigenvalue weighted by Crippen LogP contribution is 2.19. The molecule has 1 N–H and O–H groups in total. The maximum atomic E-state index is 12.8. The molecular formula is C23H28N4O2S. The fraction of sp³-hybridized carbons (Fsp3) is 0.348. The van der Waals surface area contributed by atoms with Gasteiger partial charge in [0.1, 0.15) is 0 Å². The Bertz CT molecular complexity index is 1050. The fourth-order valence-electron chi connectivity index (χ4n) is 3.34. The lowest BCUT2D eigenvalue weighted by Gasteiger charge is -2.25. The van der Waals surface area contributed by atoms with Crippen LogP contribution in [0.4, 0.5) is 0 Å². The van der Waals surface area contributed by atoms with Crippen LogP contribution in [0.25, 0.3) is 10.9 Å². The highest BCUT2D eigenvalue weighted by atomic mass is 32.2. The van der Waals surface area contributed by atoms with Crippen molar-refractivity contribution in [1.82, 2.24) is 19.8 Å².